The number of rotatable bonds is 6. The van der Waals surface area contributed by atoms with Crippen LogP contribution in [0.1, 0.15) is 46.8 Å². The Balaban J connectivity index is 1.20. The molecule has 1 N–H and O–H groups in total. The Bertz CT molecular complexity index is 1050. The fourth-order valence-electron chi connectivity index (χ4n) is 4.46. The van der Waals surface area contributed by atoms with Crippen LogP contribution >= 0.6 is 0 Å². The van der Waals surface area contributed by atoms with Gasteiger partial charge in [0.05, 0.1) is 6.54 Å². The van der Waals surface area contributed by atoms with Gasteiger partial charge in [0.25, 0.3) is 5.91 Å². The highest BCUT2D eigenvalue weighted by molar-refractivity contribution is 5.94. The molecule has 0 bridgehead atoms. The summed E-state index contributed by atoms with van der Waals surface area (Å²) in [4.78, 5) is 24.4. The van der Waals surface area contributed by atoms with Crippen molar-refractivity contribution >= 4 is 11.9 Å². The van der Waals surface area contributed by atoms with Crippen molar-refractivity contribution in [2.45, 2.75) is 37.8 Å². The van der Waals surface area contributed by atoms with Crippen molar-refractivity contribution in [1.29, 1.82) is 0 Å². The Labute approximate surface area is 187 Å². The summed E-state index contributed by atoms with van der Waals surface area (Å²) in [6.07, 6.45) is 8.42. The largest absolute Gasteiger partial charge is 0.381 e. The third-order valence-electron chi connectivity index (χ3n) is 6.20. The van der Waals surface area contributed by atoms with Crippen LogP contribution in [0.2, 0.25) is 0 Å². The van der Waals surface area contributed by atoms with E-state index in [1.807, 2.05) is 53.5 Å². The van der Waals surface area contributed by atoms with Gasteiger partial charge in [-0.3, -0.25) is 9.48 Å². The number of hydrogen-bond donors (Lipinski definition) is 1. The molecule has 1 amide bonds. The first kappa shape index (κ1) is 20.6. The lowest BCUT2D eigenvalue weighted by Gasteiger charge is -2.23. The maximum atomic E-state index is 12.9. The fourth-order valence-corrected chi connectivity index (χ4v) is 4.46. The van der Waals surface area contributed by atoms with Gasteiger partial charge in [-0.25, -0.2) is 9.97 Å². The van der Waals surface area contributed by atoms with Crippen molar-refractivity contribution < 1.29 is 9.53 Å². The number of nitrogens with one attached hydrogen (secondary N) is 1. The van der Waals surface area contributed by atoms with Gasteiger partial charge in [0.2, 0.25) is 5.95 Å². The molecule has 1 atom stereocenters. The van der Waals surface area contributed by atoms with Gasteiger partial charge in [-0.1, -0.05) is 12.1 Å². The van der Waals surface area contributed by atoms with Gasteiger partial charge in [-0.2, -0.15) is 5.10 Å². The van der Waals surface area contributed by atoms with Gasteiger partial charge >= 0.3 is 0 Å². The molecule has 8 heteroatoms. The second-order valence-electron chi connectivity index (χ2n) is 8.48. The molecule has 2 aromatic heterocycles. The van der Waals surface area contributed by atoms with Crippen LogP contribution in [0.3, 0.4) is 0 Å². The van der Waals surface area contributed by atoms with Crippen LogP contribution in [0.15, 0.2) is 55.0 Å². The molecule has 0 spiro atoms. The van der Waals surface area contributed by atoms with E-state index < -0.39 is 0 Å². The minimum absolute atomic E-state index is 0.0453. The van der Waals surface area contributed by atoms with Crippen molar-refractivity contribution in [2.24, 2.45) is 0 Å². The summed E-state index contributed by atoms with van der Waals surface area (Å²) in [5.41, 5.74) is 2.82. The minimum atomic E-state index is -0.0453. The lowest BCUT2D eigenvalue weighted by Crippen LogP contribution is -2.37. The number of anilines is 1. The highest BCUT2D eigenvalue weighted by Gasteiger charge is 2.27. The topological polar surface area (TPSA) is 85.2 Å². The molecular weight excluding hydrogens is 404 g/mol. The first-order valence-corrected chi connectivity index (χ1v) is 11.3. The van der Waals surface area contributed by atoms with Gasteiger partial charge in [-0.05, 0) is 49.1 Å². The van der Waals surface area contributed by atoms with Gasteiger partial charge in [0.15, 0.2) is 0 Å². The molecule has 0 aliphatic carbocycles. The lowest BCUT2D eigenvalue weighted by atomic mass is 9.96. The average molecular weight is 433 g/mol. The summed E-state index contributed by atoms with van der Waals surface area (Å²) in [5, 5.41) is 7.42. The fraction of sp³-hybridized carbons (Fsp3) is 0.417. The van der Waals surface area contributed by atoms with Crippen LogP contribution in [0.4, 0.5) is 5.95 Å². The average Bonchev–Trinajstić information content (AvgIpc) is 3.52. The molecular formula is C24H28N6O2. The van der Waals surface area contributed by atoms with Crippen LogP contribution in [0.5, 0.6) is 0 Å². The predicted octanol–water partition coefficient (Wildman–Crippen LogP) is 2.62. The SMILES string of the molecule is O=C(NC1CCN(c2nccc(C3CCOCC3)n2)C1)c1cccc(Cn2cccn2)c1. The maximum absolute atomic E-state index is 12.9. The quantitative estimate of drug-likeness (QED) is 0.645. The van der Waals surface area contributed by atoms with E-state index in [2.05, 4.69) is 20.3 Å². The van der Waals surface area contributed by atoms with Crippen LogP contribution in [0.25, 0.3) is 0 Å². The van der Waals surface area contributed by atoms with Crippen LogP contribution in [-0.4, -0.2) is 58.0 Å². The summed E-state index contributed by atoms with van der Waals surface area (Å²) < 4.78 is 7.32. The number of ether oxygens (including phenoxy) is 1. The van der Waals surface area contributed by atoms with Gasteiger partial charge in [0, 0.05) is 68.1 Å². The standard InChI is InChI=1S/C24H28N6O2/c31-23(20-4-1-3-18(15-20)16-30-11-2-9-26-30)27-21-6-12-29(17-21)24-25-10-5-22(28-24)19-7-13-32-14-8-19/h1-5,9-11,15,19,21H,6-8,12-14,16-17H2,(H,27,31). The molecule has 2 fully saturated rings. The third-order valence-corrected chi connectivity index (χ3v) is 6.20. The van der Waals surface area contributed by atoms with E-state index in [1.54, 1.807) is 6.20 Å². The first-order valence-electron chi connectivity index (χ1n) is 11.3. The number of carbonyl (C=O) groups is 1. The molecule has 2 aliphatic rings. The Kier molecular flexibility index (Phi) is 6.11. The van der Waals surface area contributed by atoms with Gasteiger partial charge in [0.1, 0.15) is 0 Å². The molecule has 32 heavy (non-hydrogen) atoms. The van der Waals surface area contributed by atoms with Crippen LogP contribution < -0.4 is 10.2 Å². The molecule has 166 valence electrons. The zero-order valence-electron chi connectivity index (χ0n) is 18.1. The normalized spacial score (nSPS) is 19.2. The van der Waals surface area contributed by atoms with Crippen LogP contribution in [0, 0.1) is 0 Å². The minimum Gasteiger partial charge on any atom is -0.381 e. The Morgan fingerprint density at radius 1 is 1.12 bits per heavy atom. The van der Waals surface area contributed by atoms with Gasteiger partial charge in [-0.15, -0.1) is 0 Å². The smallest absolute Gasteiger partial charge is 0.251 e. The summed E-state index contributed by atoms with van der Waals surface area (Å²) in [5.74, 6) is 1.15. The Hall–Kier alpha value is -3.26. The number of nitrogens with zero attached hydrogens (tertiary/aromatic N) is 5. The molecule has 2 aliphatic heterocycles. The summed E-state index contributed by atoms with van der Waals surface area (Å²) >= 11 is 0. The monoisotopic (exact) mass is 432 g/mol. The number of aromatic nitrogens is 4. The molecule has 1 aromatic carbocycles. The summed E-state index contributed by atoms with van der Waals surface area (Å²) in [6, 6.07) is 11.7. The van der Waals surface area contributed by atoms with E-state index in [0.717, 1.165) is 62.8 Å². The summed E-state index contributed by atoms with van der Waals surface area (Å²) in [7, 11) is 0. The molecule has 0 radical (unpaired) electrons. The van der Waals surface area contributed by atoms with Crippen molar-refractivity contribution in [3.05, 3.63) is 71.8 Å². The second kappa shape index (κ2) is 9.48. The molecule has 5 rings (SSSR count). The van der Waals surface area contributed by atoms with Crippen molar-refractivity contribution in [3.8, 4) is 0 Å². The highest BCUT2D eigenvalue weighted by Crippen LogP contribution is 2.27. The zero-order valence-corrected chi connectivity index (χ0v) is 18.1. The Morgan fingerprint density at radius 3 is 2.88 bits per heavy atom. The van der Waals surface area contributed by atoms with Crippen molar-refractivity contribution in [2.75, 3.05) is 31.2 Å². The van der Waals surface area contributed by atoms with E-state index in [-0.39, 0.29) is 11.9 Å². The first-order chi connectivity index (χ1) is 15.7. The molecule has 1 unspecified atom stereocenters. The van der Waals surface area contributed by atoms with E-state index in [1.165, 1.54) is 0 Å². The molecule has 0 saturated carbocycles. The van der Waals surface area contributed by atoms with Crippen LogP contribution in [-0.2, 0) is 11.3 Å². The van der Waals surface area contributed by atoms with E-state index in [9.17, 15) is 4.79 Å². The number of benzene rings is 1. The predicted molar refractivity (Wildman–Crippen MR) is 121 cm³/mol. The highest BCUT2D eigenvalue weighted by atomic mass is 16.5. The van der Waals surface area contributed by atoms with E-state index >= 15 is 0 Å². The lowest BCUT2D eigenvalue weighted by molar-refractivity contribution is 0.0845. The van der Waals surface area contributed by atoms with E-state index in [0.29, 0.717) is 18.0 Å². The number of amides is 1. The zero-order chi connectivity index (χ0) is 21.8. The number of hydrogen-bond acceptors (Lipinski definition) is 6. The van der Waals surface area contributed by atoms with E-state index in [4.69, 9.17) is 9.72 Å². The van der Waals surface area contributed by atoms with Crippen molar-refractivity contribution in [1.82, 2.24) is 25.1 Å². The molecule has 8 nitrogen and oxygen atoms in total. The summed E-state index contributed by atoms with van der Waals surface area (Å²) in [6.45, 7) is 3.79. The van der Waals surface area contributed by atoms with Gasteiger partial charge < -0.3 is 15.0 Å². The molecule has 4 heterocycles. The number of carbonyl (C=O) groups excluding carboxylic acids is 1. The maximum Gasteiger partial charge on any atom is 0.251 e. The Morgan fingerprint density at radius 2 is 2.03 bits per heavy atom. The molecule has 3 aromatic rings. The molecule has 2 saturated heterocycles. The van der Waals surface area contributed by atoms with Crippen molar-refractivity contribution in [3.63, 3.8) is 0 Å². The second-order valence-corrected chi connectivity index (χ2v) is 8.48. The third kappa shape index (κ3) is 4.80.